The highest BCUT2D eigenvalue weighted by atomic mass is 127. The third-order valence-electron chi connectivity index (χ3n) is 5.76. The molecule has 0 atom stereocenters. The Kier molecular flexibility index (Phi) is 12.9. The Labute approximate surface area is 215 Å². The monoisotopic (exact) mass is 573 g/mol. The second-order valence-electron chi connectivity index (χ2n) is 8.24. The number of carbonyl (C=O) groups excluding carboxylic acids is 1. The number of carbonyl (C=O) groups is 1. The normalized spacial score (nSPS) is 17.5. The first-order chi connectivity index (χ1) is 15.7. The molecule has 0 spiro atoms. The molecule has 9 heteroatoms. The number of nitrogens with one attached hydrogen (secondary N) is 1. The summed E-state index contributed by atoms with van der Waals surface area (Å²) in [7, 11) is 0. The molecule has 3 rings (SSSR count). The number of hydrogen-bond acceptors (Lipinski definition) is 5. The fourth-order valence-electron chi connectivity index (χ4n) is 3.95. The van der Waals surface area contributed by atoms with E-state index in [4.69, 9.17) is 14.5 Å². The van der Waals surface area contributed by atoms with Crippen LogP contribution in [-0.4, -0.2) is 105 Å². The van der Waals surface area contributed by atoms with E-state index < -0.39 is 0 Å². The molecule has 0 radical (unpaired) electrons. The number of aliphatic imine (C=N–C) groups is 1. The lowest BCUT2D eigenvalue weighted by Gasteiger charge is -2.37. The number of ether oxygens (including phenoxy) is 2. The summed E-state index contributed by atoms with van der Waals surface area (Å²) in [6.07, 6.45) is 1.89. The smallest absolute Gasteiger partial charge is 0.236 e. The lowest BCUT2D eigenvalue weighted by atomic mass is 10.1. The minimum atomic E-state index is 0. The third-order valence-corrected chi connectivity index (χ3v) is 5.76. The molecule has 8 nitrogen and oxygen atoms in total. The van der Waals surface area contributed by atoms with Gasteiger partial charge in [0.15, 0.2) is 5.96 Å². The Bertz CT molecular complexity index is 735. The molecule has 2 saturated heterocycles. The number of morpholine rings is 1. The average molecular weight is 574 g/mol. The highest BCUT2D eigenvalue weighted by Crippen LogP contribution is 2.14. The maximum atomic E-state index is 12.5. The summed E-state index contributed by atoms with van der Waals surface area (Å²) in [4.78, 5) is 23.9. The minimum absolute atomic E-state index is 0. The van der Waals surface area contributed by atoms with Gasteiger partial charge in [-0.2, -0.15) is 0 Å². The molecule has 33 heavy (non-hydrogen) atoms. The van der Waals surface area contributed by atoms with Gasteiger partial charge in [0.1, 0.15) is 5.75 Å². The van der Waals surface area contributed by atoms with E-state index in [0.29, 0.717) is 32.8 Å². The quantitative estimate of drug-likeness (QED) is 0.277. The van der Waals surface area contributed by atoms with Gasteiger partial charge in [0.25, 0.3) is 0 Å². The van der Waals surface area contributed by atoms with Gasteiger partial charge in [-0.1, -0.05) is 19.1 Å². The Balaban J connectivity index is 0.00000385. The van der Waals surface area contributed by atoms with Gasteiger partial charge in [-0.15, -0.1) is 24.0 Å². The highest BCUT2D eigenvalue weighted by Gasteiger charge is 2.24. The standard InChI is InChI=1S/C24H39N5O3.HI/c1-3-16-32-22-7-5-6-21(19-22)8-9-26-24(25-4-2)29-12-10-27(11-13-29)20-23(30)28-14-17-31-18-15-28;/h5-7,19H,3-4,8-18,20H2,1-2H3,(H,25,26);1H. The lowest BCUT2D eigenvalue weighted by molar-refractivity contribution is -0.136. The highest BCUT2D eigenvalue weighted by molar-refractivity contribution is 14.0. The van der Waals surface area contributed by atoms with Crippen LogP contribution in [0.4, 0.5) is 0 Å². The van der Waals surface area contributed by atoms with Gasteiger partial charge < -0.3 is 24.6 Å². The number of benzene rings is 1. The van der Waals surface area contributed by atoms with Crippen molar-refractivity contribution in [1.29, 1.82) is 0 Å². The van der Waals surface area contributed by atoms with Crippen LogP contribution < -0.4 is 10.1 Å². The summed E-state index contributed by atoms with van der Waals surface area (Å²) in [6, 6.07) is 8.30. The summed E-state index contributed by atoms with van der Waals surface area (Å²) in [5.74, 6) is 2.11. The van der Waals surface area contributed by atoms with Crippen LogP contribution in [0.5, 0.6) is 5.75 Å². The van der Waals surface area contributed by atoms with Crippen molar-refractivity contribution < 1.29 is 14.3 Å². The van der Waals surface area contributed by atoms with Gasteiger partial charge in [-0.25, -0.2) is 0 Å². The van der Waals surface area contributed by atoms with Gasteiger partial charge in [0.05, 0.1) is 26.4 Å². The van der Waals surface area contributed by atoms with E-state index in [1.807, 2.05) is 17.0 Å². The van der Waals surface area contributed by atoms with Crippen molar-refractivity contribution in [3.8, 4) is 5.75 Å². The fourth-order valence-corrected chi connectivity index (χ4v) is 3.95. The fraction of sp³-hybridized carbons (Fsp3) is 0.667. The van der Waals surface area contributed by atoms with Crippen molar-refractivity contribution in [2.75, 3.05) is 78.7 Å². The van der Waals surface area contributed by atoms with Gasteiger partial charge >= 0.3 is 0 Å². The van der Waals surface area contributed by atoms with Crippen molar-refractivity contribution in [2.24, 2.45) is 4.99 Å². The molecule has 186 valence electrons. The van der Waals surface area contributed by atoms with Gasteiger partial charge in [0, 0.05) is 52.4 Å². The average Bonchev–Trinajstić information content (AvgIpc) is 2.83. The molecule has 1 aromatic carbocycles. The molecule has 1 aromatic rings. The molecular weight excluding hydrogens is 533 g/mol. The number of halogens is 1. The zero-order chi connectivity index (χ0) is 22.6. The van der Waals surface area contributed by atoms with Crippen LogP contribution in [0.15, 0.2) is 29.3 Å². The second kappa shape index (κ2) is 15.3. The molecule has 0 aromatic heterocycles. The van der Waals surface area contributed by atoms with E-state index in [-0.39, 0.29) is 29.9 Å². The Morgan fingerprint density at radius 2 is 1.85 bits per heavy atom. The number of amides is 1. The van der Waals surface area contributed by atoms with Crippen LogP contribution in [0.3, 0.4) is 0 Å². The van der Waals surface area contributed by atoms with Gasteiger partial charge in [0.2, 0.25) is 5.91 Å². The van der Waals surface area contributed by atoms with Crippen LogP contribution in [-0.2, 0) is 16.0 Å². The van der Waals surface area contributed by atoms with Crippen molar-refractivity contribution in [3.63, 3.8) is 0 Å². The van der Waals surface area contributed by atoms with E-state index in [0.717, 1.165) is 70.4 Å². The second-order valence-corrected chi connectivity index (χ2v) is 8.24. The summed E-state index contributed by atoms with van der Waals surface area (Å²) >= 11 is 0. The lowest BCUT2D eigenvalue weighted by Crippen LogP contribution is -2.55. The summed E-state index contributed by atoms with van der Waals surface area (Å²) in [5, 5.41) is 3.43. The van der Waals surface area contributed by atoms with Crippen LogP contribution >= 0.6 is 24.0 Å². The SMILES string of the molecule is CCCOc1cccc(CCN=C(NCC)N2CCN(CC(=O)N3CCOCC3)CC2)c1.I. The largest absolute Gasteiger partial charge is 0.494 e. The van der Waals surface area contributed by atoms with Crippen molar-refractivity contribution in [2.45, 2.75) is 26.7 Å². The number of rotatable bonds is 9. The van der Waals surface area contributed by atoms with E-state index in [1.165, 1.54) is 5.56 Å². The molecule has 2 heterocycles. The van der Waals surface area contributed by atoms with Crippen LogP contribution in [0.25, 0.3) is 0 Å². The van der Waals surface area contributed by atoms with Crippen molar-refractivity contribution in [1.82, 2.24) is 20.0 Å². The molecule has 2 fully saturated rings. The number of hydrogen-bond donors (Lipinski definition) is 1. The maximum absolute atomic E-state index is 12.5. The number of guanidine groups is 1. The first-order valence-electron chi connectivity index (χ1n) is 12.0. The van der Waals surface area contributed by atoms with Crippen molar-refractivity contribution in [3.05, 3.63) is 29.8 Å². The summed E-state index contributed by atoms with van der Waals surface area (Å²) < 4.78 is 11.1. The Morgan fingerprint density at radius 1 is 1.09 bits per heavy atom. The number of nitrogens with zero attached hydrogens (tertiary/aromatic N) is 4. The van der Waals surface area contributed by atoms with E-state index >= 15 is 0 Å². The first kappa shape index (κ1) is 27.7. The Hall–Kier alpha value is -1.59. The molecule has 2 aliphatic heterocycles. The van der Waals surface area contributed by atoms with Crippen LogP contribution in [0.1, 0.15) is 25.8 Å². The van der Waals surface area contributed by atoms with Crippen LogP contribution in [0, 0.1) is 0 Å². The zero-order valence-electron chi connectivity index (χ0n) is 20.1. The van der Waals surface area contributed by atoms with E-state index in [9.17, 15) is 4.79 Å². The molecule has 0 bridgehead atoms. The summed E-state index contributed by atoms with van der Waals surface area (Å²) in [6.45, 7) is 13.3. The first-order valence-corrected chi connectivity index (χ1v) is 12.0. The molecule has 0 saturated carbocycles. The predicted octanol–water partition coefficient (Wildman–Crippen LogP) is 2.08. The van der Waals surface area contributed by atoms with Crippen molar-refractivity contribution >= 4 is 35.8 Å². The number of piperazine rings is 1. The molecule has 0 aliphatic carbocycles. The predicted molar refractivity (Wildman–Crippen MR) is 143 cm³/mol. The van der Waals surface area contributed by atoms with Crippen LogP contribution in [0.2, 0.25) is 0 Å². The molecule has 0 unspecified atom stereocenters. The zero-order valence-corrected chi connectivity index (χ0v) is 22.5. The minimum Gasteiger partial charge on any atom is -0.494 e. The molecule has 2 aliphatic rings. The third kappa shape index (κ3) is 9.29. The molecule has 1 N–H and O–H groups in total. The maximum Gasteiger partial charge on any atom is 0.236 e. The van der Waals surface area contributed by atoms with E-state index in [1.54, 1.807) is 0 Å². The topological polar surface area (TPSA) is 69.6 Å². The molecule has 1 amide bonds. The van der Waals surface area contributed by atoms with E-state index in [2.05, 4.69) is 41.1 Å². The molecular formula is C24H40IN5O3. The van der Waals surface area contributed by atoms with Gasteiger partial charge in [-0.3, -0.25) is 14.7 Å². The van der Waals surface area contributed by atoms with Gasteiger partial charge in [-0.05, 0) is 37.5 Å². The summed E-state index contributed by atoms with van der Waals surface area (Å²) in [5.41, 5.74) is 1.24. The Morgan fingerprint density at radius 3 is 2.55 bits per heavy atom.